The maximum absolute atomic E-state index is 11.7. The Hall–Kier alpha value is -0.860. The van der Waals surface area contributed by atoms with Crippen molar-refractivity contribution in [2.45, 2.75) is 91.5 Å². The van der Waals surface area contributed by atoms with Crippen LogP contribution in [0.3, 0.4) is 0 Å². The Kier molecular flexibility index (Phi) is 13.8. The lowest BCUT2D eigenvalue weighted by molar-refractivity contribution is -0.130. The number of Topliss-reactive ketones (excluding diaryl/α,β-unsaturated/α-hetero) is 2. The molecule has 1 atom stereocenters. The molecule has 34 heavy (non-hydrogen) atoms. The van der Waals surface area contributed by atoms with Crippen LogP contribution in [0.2, 0.25) is 0 Å². The maximum Gasteiger partial charge on any atom is 0.160 e. The Bertz CT molecular complexity index is 582. The third kappa shape index (κ3) is 11.7. The molecule has 2 rings (SSSR count). The molecule has 1 saturated heterocycles. The van der Waals surface area contributed by atoms with Gasteiger partial charge in [0, 0.05) is 44.6 Å². The van der Waals surface area contributed by atoms with E-state index in [2.05, 4.69) is 16.7 Å². The standard InChI is InChI=1S/C27H50N2O5/c1-21(2)26(30)19-32-18-17-29-15-13-28(14-16-29)12-6-7-23(5)34-25-10-8-24(9-11-25)33-20-27(31)22(3)4/h21-25H,6-20H2,1-5H3. The number of rotatable bonds is 16. The van der Waals surface area contributed by atoms with Crippen LogP contribution < -0.4 is 0 Å². The smallest absolute Gasteiger partial charge is 0.160 e. The fraction of sp³-hybridized carbons (Fsp3) is 0.926. The molecule has 2 aliphatic rings. The quantitative estimate of drug-likeness (QED) is 0.312. The molecule has 1 unspecified atom stereocenters. The van der Waals surface area contributed by atoms with E-state index in [1.807, 2.05) is 27.7 Å². The lowest BCUT2D eigenvalue weighted by Gasteiger charge is -2.35. The van der Waals surface area contributed by atoms with Crippen molar-refractivity contribution < 1.29 is 23.8 Å². The van der Waals surface area contributed by atoms with Gasteiger partial charge in [-0.1, -0.05) is 27.7 Å². The lowest BCUT2D eigenvalue weighted by atomic mass is 9.94. The lowest BCUT2D eigenvalue weighted by Crippen LogP contribution is -2.47. The van der Waals surface area contributed by atoms with Crippen LogP contribution >= 0.6 is 0 Å². The zero-order chi connectivity index (χ0) is 24.9. The number of hydrogen-bond acceptors (Lipinski definition) is 7. The van der Waals surface area contributed by atoms with Crippen LogP contribution in [0.1, 0.15) is 73.1 Å². The van der Waals surface area contributed by atoms with Crippen LogP contribution in [-0.2, 0) is 23.8 Å². The maximum atomic E-state index is 11.7. The molecule has 1 aliphatic carbocycles. The largest absolute Gasteiger partial charge is 0.375 e. The van der Waals surface area contributed by atoms with Gasteiger partial charge >= 0.3 is 0 Å². The van der Waals surface area contributed by atoms with Gasteiger partial charge in [-0.25, -0.2) is 0 Å². The van der Waals surface area contributed by atoms with Gasteiger partial charge in [-0.3, -0.25) is 14.5 Å². The van der Waals surface area contributed by atoms with E-state index in [0.717, 1.165) is 77.8 Å². The van der Waals surface area contributed by atoms with Gasteiger partial charge in [0.2, 0.25) is 0 Å². The zero-order valence-corrected chi connectivity index (χ0v) is 22.4. The SMILES string of the molecule is CC(CCCN1CCN(CCOCC(=O)C(C)C)CC1)OC1CCC(OCC(=O)C(C)C)CC1. The first-order valence-electron chi connectivity index (χ1n) is 13.6. The van der Waals surface area contributed by atoms with E-state index in [9.17, 15) is 9.59 Å². The van der Waals surface area contributed by atoms with E-state index in [4.69, 9.17) is 14.2 Å². The van der Waals surface area contributed by atoms with E-state index in [0.29, 0.717) is 12.7 Å². The number of carbonyl (C=O) groups excluding carboxylic acids is 2. The molecule has 0 aromatic rings. The van der Waals surface area contributed by atoms with Crippen molar-refractivity contribution in [1.29, 1.82) is 0 Å². The molecule has 7 nitrogen and oxygen atoms in total. The van der Waals surface area contributed by atoms with Gasteiger partial charge in [0.25, 0.3) is 0 Å². The molecule has 1 saturated carbocycles. The van der Waals surface area contributed by atoms with E-state index in [1.165, 1.54) is 0 Å². The van der Waals surface area contributed by atoms with E-state index >= 15 is 0 Å². The summed E-state index contributed by atoms with van der Waals surface area (Å²) in [5.41, 5.74) is 0. The molecular formula is C27H50N2O5. The van der Waals surface area contributed by atoms with Crippen molar-refractivity contribution in [2.75, 3.05) is 59.1 Å². The topological polar surface area (TPSA) is 68.3 Å². The molecule has 0 radical (unpaired) electrons. The van der Waals surface area contributed by atoms with Gasteiger partial charge in [0.1, 0.15) is 13.2 Å². The summed E-state index contributed by atoms with van der Waals surface area (Å²) in [6.45, 7) is 17.4. The highest BCUT2D eigenvalue weighted by Crippen LogP contribution is 2.25. The summed E-state index contributed by atoms with van der Waals surface area (Å²) in [7, 11) is 0. The molecular weight excluding hydrogens is 432 g/mol. The monoisotopic (exact) mass is 482 g/mol. The fourth-order valence-electron chi connectivity index (χ4n) is 4.47. The van der Waals surface area contributed by atoms with Crippen LogP contribution in [-0.4, -0.2) is 98.8 Å². The van der Waals surface area contributed by atoms with E-state index < -0.39 is 0 Å². The molecule has 1 aliphatic heterocycles. The van der Waals surface area contributed by atoms with Crippen LogP contribution in [0, 0.1) is 11.8 Å². The molecule has 0 spiro atoms. The first kappa shape index (κ1) is 29.4. The van der Waals surface area contributed by atoms with Crippen molar-refractivity contribution in [3.8, 4) is 0 Å². The molecule has 2 fully saturated rings. The zero-order valence-electron chi connectivity index (χ0n) is 22.4. The summed E-state index contributed by atoms with van der Waals surface area (Å²) < 4.78 is 17.7. The van der Waals surface area contributed by atoms with Gasteiger partial charge in [0.05, 0.1) is 24.9 Å². The van der Waals surface area contributed by atoms with Crippen LogP contribution in [0.25, 0.3) is 0 Å². The van der Waals surface area contributed by atoms with Gasteiger partial charge in [-0.2, -0.15) is 0 Å². The highest BCUT2D eigenvalue weighted by atomic mass is 16.5. The number of carbonyl (C=O) groups is 2. The Morgan fingerprint density at radius 1 is 0.765 bits per heavy atom. The summed E-state index contributed by atoms with van der Waals surface area (Å²) in [4.78, 5) is 28.3. The van der Waals surface area contributed by atoms with Crippen molar-refractivity contribution >= 4 is 11.6 Å². The number of nitrogens with zero attached hydrogens (tertiary/aromatic N) is 2. The van der Waals surface area contributed by atoms with Crippen LogP contribution in [0.5, 0.6) is 0 Å². The number of ether oxygens (including phenoxy) is 3. The second-order valence-corrected chi connectivity index (χ2v) is 10.8. The third-order valence-electron chi connectivity index (χ3n) is 7.14. The average Bonchev–Trinajstić information content (AvgIpc) is 2.81. The Morgan fingerprint density at radius 3 is 1.88 bits per heavy atom. The first-order chi connectivity index (χ1) is 16.2. The number of hydrogen-bond donors (Lipinski definition) is 0. The Labute approximate surface area is 207 Å². The normalized spacial score (nSPS) is 23.5. The number of ketones is 2. The molecule has 0 aromatic carbocycles. The van der Waals surface area contributed by atoms with Crippen molar-refractivity contribution in [3.63, 3.8) is 0 Å². The average molecular weight is 483 g/mol. The van der Waals surface area contributed by atoms with Crippen molar-refractivity contribution in [3.05, 3.63) is 0 Å². The van der Waals surface area contributed by atoms with Crippen molar-refractivity contribution in [2.24, 2.45) is 11.8 Å². The highest BCUT2D eigenvalue weighted by molar-refractivity contribution is 5.81. The van der Waals surface area contributed by atoms with E-state index in [1.54, 1.807) is 0 Å². The molecule has 0 bridgehead atoms. The molecule has 0 aromatic heterocycles. The second kappa shape index (κ2) is 16.0. The third-order valence-corrected chi connectivity index (χ3v) is 7.14. The Balaban J connectivity index is 1.47. The van der Waals surface area contributed by atoms with Gasteiger partial charge in [0.15, 0.2) is 11.6 Å². The molecule has 0 amide bonds. The fourth-order valence-corrected chi connectivity index (χ4v) is 4.47. The van der Waals surface area contributed by atoms with E-state index in [-0.39, 0.29) is 48.8 Å². The summed E-state index contributed by atoms with van der Waals surface area (Å²) in [6.07, 6.45) is 7.14. The molecule has 198 valence electrons. The summed E-state index contributed by atoms with van der Waals surface area (Å²) in [5.74, 6) is 0.479. The minimum Gasteiger partial charge on any atom is -0.375 e. The predicted octanol–water partition coefficient (Wildman–Crippen LogP) is 3.58. The summed E-state index contributed by atoms with van der Waals surface area (Å²) in [5, 5.41) is 0. The highest BCUT2D eigenvalue weighted by Gasteiger charge is 2.24. The van der Waals surface area contributed by atoms with Gasteiger partial charge in [-0.15, -0.1) is 0 Å². The second-order valence-electron chi connectivity index (χ2n) is 10.8. The number of piperazine rings is 1. The molecule has 0 N–H and O–H groups in total. The molecule has 7 heteroatoms. The van der Waals surface area contributed by atoms with Gasteiger partial charge < -0.3 is 19.1 Å². The summed E-state index contributed by atoms with van der Waals surface area (Å²) >= 11 is 0. The Morgan fingerprint density at radius 2 is 1.29 bits per heavy atom. The minimum absolute atomic E-state index is 0.0523. The van der Waals surface area contributed by atoms with Crippen molar-refractivity contribution in [1.82, 2.24) is 9.80 Å². The minimum atomic E-state index is 0.0523. The summed E-state index contributed by atoms with van der Waals surface area (Å²) in [6, 6.07) is 0. The molecule has 1 heterocycles. The van der Waals surface area contributed by atoms with Gasteiger partial charge in [-0.05, 0) is 52.0 Å². The first-order valence-corrected chi connectivity index (χ1v) is 13.6. The van der Waals surface area contributed by atoms with Crippen LogP contribution in [0.4, 0.5) is 0 Å². The van der Waals surface area contributed by atoms with Crippen LogP contribution in [0.15, 0.2) is 0 Å². The predicted molar refractivity (Wildman–Crippen MR) is 135 cm³/mol.